The Morgan fingerprint density at radius 3 is 2.50 bits per heavy atom. The highest BCUT2D eigenvalue weighted by molar-refractivity contribution is 6.39. The van der Waals surface area contributed by atoms with Gasteiger partial charge in [-0.3, -0.25) is 4.98 Å². The second-order valence-electron chi connectivity index (χ2n) is 4.07. The van der Waals surface area contributed by atoms with E-state index in [9.17, 15) is 0 Å². The van der Waals surface area contributed by atoms with Crippen LogP contribution >= 0.6 is 23.2 Å². The van der Waals surface area contributed by atoms with E-state index in [-0.39, 0.29) is 0 Å². The molecule has 4 heteroatoms. The number of nitrogens with two attached hydrogens (primary N) is 1. The van der Waals surface area contributed by atoms with Crippen LogP contribution in [0.3, 0.4) is 0 Å². The van der Waals surface area contributed by atoms with Gasteiger partial charge in [-0.15, -0.1) is 0 Å². The van der Waals surface area contributed by atoms with Crippen LogP contribution in [0.2, 0.25) is 10.0 Å². The fourth-order valence-corrected chi connectivity index (χ4v) is 2.22. The molecular weight excluding hydrogens is 243 g/mol. The molecule has 16 heavy (non-hydrogen) atoms. The normalized spacial score (nSPS) is 11.3. The van der Waals surface area contributed by atoms with Crippen LogP contribution in [0.1, 0.15) is 25.5 Å². The Morgan fingerprint density at radius 1 is 1.19 bits per heavy atom. The van der Waals surface area contributed by atoms with Crippen molar-refractivity contribution in [3.8, 4) is 0 Å². The smallest absolute Gasteiger partial charge is 0.0756 e. The van der Waals surface area contributed by atoms with Gasteiger partial charge in [-0.25, -0.2) is 0 Å². The fourth-order valence-electron chi connectivity index (χ4n) is 1.63. The number of rotatable bonds is 1. The zero-order valence-corrected chi connectivity index (χ0v) is 10.6. The van der Waals surface area contributed by atoms with E-state index in [1.54, 1.807) is 12.1 Å². The van der Waals surface area contributed by atoms with Crippen LogP contribution in [-0.4, -0.2) is 4.98 Å². The fraction of sp³-hybridized carbons (Fsp3) is 0.250. The molecule has 1 aromatic heterocycles. The molecule has 0 radical (unpaired) electrons. The maximum Gasteiger partial charge on any atom is 0.0756 e. The van der Waals surface area contributed by atoms with Crippen molar-refractivity contribution in [3.63, 3.8) is 0 Å². The van der Waals surface area contributed by atoms with Gasteiger partial charge in [-0.2, -0.15) is 0 Å². The minimum Gasteiger partial charge on any atom is -0.398 e. The first-order valence-corrected chi connectivity index (χ1v) is 5.80. The minimum atomic E-state index is 0.324. The zero-order valence-electron chi connectivity index (χ0n) is 9.09. The van der Waals surface area contributed by atoms with E-state index in [1.807, 2.05) is 6.07 Å². The molecule has 0 saturated heterocycles. The maximum atomic E-state index is 6.10. The van der Waals surface area contributed by atoms with Crippen LogP contribution < -0.4 is 5.73 Å². The molecule has 0 aliphatic heterocycles. The Bertz CT molecular complexity index is 550. The van der Waals surface area contributed by atoms with Crippen LogP contribution in [0.5, 0.6) is 0 Å². The Labute approximate surface area is 104 Å². The number of halogens is 2. The first kappa shape index (κ1) is 11.5. The highest BCUT2D eigenvalue weighted by atomic mass is 35.5. The number of hydrogen-bond acceptors (Lipinski definition) is 2. The number of hydrogen-bond donors (Lipinski definition) is 1. The molecule has 1 aromatic carbocycles. The SMILES string of the molecule is CC(C)c1cc(N)c2c(Cl)cc(Cl)cc2n1. The van der Waals surface area contributed by atoms with Crippen molar-refractivity contribution < 1.29 is 0 Å². The van der Waals surface area contributed by atoms with E-state index in [1.165, 1.54) is 0 Å². The largest absolute Gasteiger partial charge is 0.398 e. The van der Waals surface area contributed by atoms with E-state index in [4.69, 9.17) is 28.9 Å². The molecular formula is C12H12Cl2N2. The molecule has 2 N–H and O–H groups in total. The van der Waals surface area contributed by atoms with Gasteiger partial charge >= 0.3 is 0 Å². The highest BCUT2D eigenvalue weighted by Crippen LogP contribution is 2.32. The van der Waals surface area contributed by atoms with Gasteiger partial charge in [0.25, 0.3) is 0 Å². The molecule has 0 saturated carbocycles. The van der Waals surface area contributed by atoms with E-state index >= 15 is 0 Å². The number of pyridine rings is 1. The lowest BCUT2D eigenvalue weighted by Crippen LogP contribution is -1.97. The van der Waals surface area contributed by atoms with Crippen molar-refractivity contribution in [1.29, 1.82) is 0 Å². The molecule has 0 unspecified atom stereocenters. The second kappa shape index (κ2) is 4.11. The summed E-state index contributed by atoms with van der Waals surface area (Å²) in [6, 6.07) is 5.33. The predicted octanol–water partition coefficient (Wildman–Crippen LogP) is 4.25. The molecule has 2 aromatic rings. The molecule has 2 rings (SSSR count). The van der Waals surface area contributed by atoms with Gasteiger partial charge in [-0.1, -0.05) is 37.0 Å². The Balaban J connectivity index is 2.81. The summed E-state index contributed by atoms with van der Waals surface area (Å²) < 4.78 is 0. The Morgan fingerprint density at radius 2 is 1.88 bits per heavy atom. The summed E-state index contributed by atoms with van der Waals surface area (Å²) in [6.45, 7) is 4.14. The lowest BCUT2D eigenvalue weighted by molar-refractivity contribution is 0.830. The zero-order chi connectivity index (χ0) is 11.9. The second-order valence-corrected chi connectivity index (χ2v) is 4.92. The lowest BCUT2D eigenvalue weighted by atomic mass is 10.1. The average Bonchev–Trinajstić information content (AvgIpc) is 2.15. The molecule has 0 spiro atoms. The molecule has 0 aliphatic carbocycles. The van der Waals surface area contributed by atoms with Crippen molar-refractivity contribution in [2.24, 2.45) is 0 Å². The topological polar surface area (TPSA) is 38.9 Å². The summed E-state index contributed by atoms with van der Waals surface area (Å²) in [5, 5.41) is 1.89. The van der Waals surface area contributed by atoms with Crippen molar-refractivity contribution in [1.82, 2.24) is 4.98 Å². The summed E-state index contributed by atoms with van der Waals surface area (Å²) in [5.41, 5.74) is 8.33. The summed E-state index contributed by atoms with van der Waals surface area (Å²) in [6.07, 6.45) is 0. The molecule has 84 valence electrons. The summed E-state index contributed by atoms with van der Waals surface area (Å²) in [5.74, 6) is 0.324. The van der Waals surface area contributed by atoms with Crippen LogP contribution in [0.15, 0.2) is 18.2 Å². The third kappa shape index (κ3) is 1.95. The third-order valence-electron chi connectivity index (χ3n) is 2.47. The van der Waals surface area contributed by atoms with Gasteiger partial charge < -0.3 is 5.73 Å². The maximum absolute atomic E-state index is 6.10. The predicted molar refractivity (Wildman–Crippen MR) is 70.3 cm³/mol. The van der Waals surface area contributed by atoms with Crippen molar-refractivity contribution in [2.75, 3.05) is 5.73 Å². The molecule has 1 heterocycles. The molecule has 0 fully saturated rings. The first-order valence-electron chi connectivity index (χ1n) is 5.04. The van der Waals surface area contributed by atoms with Crippen molar-refractivity contribution in [3.05, 3.63) is 33.9 Å². The van der Waals surface area contributed by atoms with E-state index < -0.39 is 0 Å². The molecule has 0 bridgehead atoms. The van der Waals surface area contributed by atoms with Crippen LogP contribution in [0.4, 0.5) is 5.69 Å². The third-order valence-corrected chi connectivity index (χ3v) is 2.98. The lowest BCUT2D eigenvalue weighted by Gasteiger charge is -2.10. The molecule has 2 nitrogen and oxygen atoms in total. The van der Waals surface area contributed by atoms with Crippen molar-refractivity contribution in [2.45, 2.75) is 19.8 Å². The summed E-state index contributed by atoms with van der Waals surface area (Å²) in [4.78, 5) is 4.51. The minimum absolute atomic E-state index is 0.324. The van der Waals surface area contributed by atoms with Crippen molar-refractivity contribution >= 4 is 39.8 Å². The van der Waals surface area contributed by atoms with E-state index in [2.05, 4.69) is 18.8 Å². The summed E-state index contributed by atoms with van der Waals surface area (Å²) >= 11 is 12.0. The Hall–Kier alpha value is -0.990. The molecule has 0 amide bonds. The average molecular weight is 255 g/mol. The molecule has 0 aliphatic rings. The highest BCUT2D eigenvalue weighted by Gasteiger charge is 2.10. The van der Waals surface area contributed by atoms with E-state index in [0.29, 0.717) is 21.7 Å². The van der Waals surface area contributed by atoms with Gasteiger partial charge in [0.15, 0.2) is 0 Å². The van der Waals surface area contributed by atoms with Gasteiger partial charge in [0.05, 0.1) is 10.5 Å². The number of nitrogens with zero attached hydrogens (tertiary/aromatic N) is 1. The van der Waals surface area contributed by atoms with Crippen LogP contribution in [0, 0.1) is 0 Å². The number of benzene rings is 1. The monoisotopic (exact) mass is 254 g/mol. The quantitative estimate of drug-likeness (QED) is 0.827. The standard InChI is InChI=1S/C12H12Cl2N2/c1-6(2)10-5-9(15)12-8(14)3-7(13)4-11(12)16-10/h3-6H,1-2H3,(H2,15,16). The number of nitrogen functional groups attached to an aromatic ring is 1. The van der Waals surface area contributed by atoms with Crippen LogP contribution in [-0.2, 0) is 0 Å². The number of aromatic nitrogens is 1. The number of anilines is 1. The molecule has 0 atom stereocenters. The van der Waals surface area contributed by atoms with Gasteiger partial charge in [0, 0.05) is 21.8 Å². The van der Waals surface area contributed by atoms with Gasteiger partial charge in [-0.05, 0) is 24.1 Å². The van der Waals surface area contributed by atoms with E-state index in [0.717, 1.165) is 16.6 Å². The van der Waals surface area contributed by atoms with Gasteiger partial charge in [0.1, 0.15) is 0 Å². The van der Waals surface area contributed by atoms with Gasteiger partial charge in [0.2, 0.25) is 0 Å². The van der Waals surface area contributed by atoms with Crippen LogP contribution in [0.25, 0.3) is 10.9 Å². The Kier molecular flexibility index (Phi) is 2.96. The number of fused-ring (bicyclic) bond motifs is 1. The summed E-state index contributed by atoms with van der Waals surface area (Å²) in [7, 11) is 0. The first-order chi connectivity index (χ1) is 7.49.